The Morgan fingerprint density at radius 1 is 1.39 bits per heavy atom. The Morgan fingerprint density at radius 3 is 2.78 bits per heavy atom. The lowest BCUT2D eigenvalue weighted by molar-refractivity contribution is 0.0949. The van der Waals surface area contributed by atoms with Crippen molar-refractivity contribution >= 4 is 33.2 Å². The molecule has 0 aliphatic heterocycles. The predicted molar refractivity (Wildman–Crippen MR) is 70.9 cm³/mol. The van der Waals surface area contributed by atoms with E-state index in [4.69, 9.17) is 0 Å². The van der Waals surface area contributed by atoms with E-state index in [0.717, 1.165) is 14.9 Å². The molecule has 0 aliphatic carbocycles. The summed E-state index contributed by atoms with van der Waals surface area (Å²) in [5, 5.41) is 2.60. The van der Waals surface area contributed by atoms with Crippen molar-refractivity contribution < 1.29 is 4.79 Å². The van der Waals surface area contributed by atoms with Gasteiger partial charge in [0.25, 0.3) is 11.5 Å². The smallest absolute Gasteiger partial charge is 0.325 e. The summed E-state index contributed by atoms with van der Waals surface area (Å²) in [5.41, 5.74) is -1.47. The molecule has 2 aromatic rings. The topological polar surface area (TPSA) is 94.8 Å². The minimum absolute atomic E-state index is 0.120. The Hall–Kier alpha value is -1.67. The largest absolute Gasteiger partial charge is 0.347 e. The normalized spacial score (nSPS) is 10.3. The molecule has 1 amide bonds. The number of hydrogen-bond donors (Lipinski definition) is 3. The third-order valence-electron chi connectivity index (χ3n) is 2.12. The molecule has 3 N–H and O–H groups in total. The maximum absolute atomic E-state index is 11.7. The van der Waals surface area contributed by atoms with Gasteiger partial charge in [-0.1, -0.05) is 0 Å². The van der Waals surface area contributed by atoms with Crippen LogP contribution in [0, 0.1) is 0 Å². The number of carbonyl (C=O) groups excluding carboxylic acids is 1. The van der Waals surface area contributed by atoms with Gasteiger partial charge in [-0.3, -0.25) is 14.6 Å². The average molecular weight is 330 g/mol. The summed E-state index contributed by atoms with van der Waals surface area (Å²) >= 11 is 4.80. The first-order valence-corrected chi connectivity index (χ1v) is 6.51. The van der Waals surface area contributed by atoms with Crippen LogP contribution in [0.1, 0.15) is 15.2 Å². The molecule has 0 aliphatic rings. The summed E-state index contributed by atoms with van der Waals surface area (Å²) in [6.45, 7) is 0.327. The molecule has 0 bridgehead atoms. The highest BCUT2D eigenvalue weighted by atomic mass is 79.9. The lowest BCUT2D eigenvalue weighted by atomic mass is 10.3. The monoisotopic (exact) mass is 329 g/mol. The molecular weight excluding hydrogens is 322 g/mol. The van der Waals surface area contributed by atoms with E-state index < -0.39 is 17.2 Å². The van der Waals surface area contributed by atoms with Crippen molar-refractivity contribution in [3.8, 4) is 0 Å². The van der Waals surface area contributed by atoms with Gasteiger partial charge in [-0.25, -0.2) is 4.79 Å². The van der Waals surface area contributed by atoms with Crippen LogP contribution in [0.2, 0.25) is 0 Å². The zero-order valence-corrected chi connectivity index (χ0v) is 11.4. The summed E-state index contributed by atoms with van der Waals surface area (Å²) in [4.78, 5) is 39.0. The second-order valence-electron chi connectivity index (χ2n) is 3.37. The van der Waals surface area contributed by atoms with Crippen LogP contribution in [0.5, 0.6) is 0 Å². The van der Waals surface area contributed by atoms with Gasteiger partial charge in [0.05, 0.1) is 10.3 Å². The van der Waals surface area contributed by atoms with Gasteiger partial charge in [-0.2, -0.15) is 0 Å². The number of carbonyl (C=O) groups is 1. The molecule has 0 unspecified atom stereocenters. The number of nitrogens with one attached hydrogen (secondary N) is 3. The number of rotatable bonds is 3. The van der Waals surface area contributed by atoms with E-state index in [1.165, 1.54) is 11.3 Å². The van der Waals surface area contributed by atoms with Crippen molar-refractivity contribution in [1.82, 2.24) is 15.3 Å². The Bertz CT molecular complexity index is 688. The highest BCUT2D eigenvalue weighted by Crippen LogP contribution is 2.21. The summed E-state index contributed by atoms with van der Waals surface area (Å²) in [5.74, 6) is -0.531. The summed E-state index contributed by atoms with van der Waals surface area (Å²) in [6.07, 6.45) is 1.10. The first-order valence-electron chi connectivity index (χ1n) is 4.90. The second kappa shape index (κ2) is 5.32. The second-order valence-corrected chi connectivity index (χ2v) is 5.92. The SMILES string of the molecule is O=C(NCc1ccc(Br)s1)c1c[nH]c(=O)[nH]c1=O. The number of amides is 1. The molecule has 94 valence electrons. The molecule has 0 spiro atoms. The number of aromatic amines is 2. The maximum Gasteiger partial charge on any atom is 0.325 e. The molecule has 0 saturated carbocycles. The van der Waals surface area contributed by atoms with Crippen LogP contribution >= 0.6 is 27.3 Å². The highest BCUT2D eigenvalue weighted by molar-refractivity contribution is 9.11. The van der Waals surface area contributed by atoms with Crippen molar-refractivity contribution in [3.05, 3.63) is 53.4 Å². The fourth-order valence-corrected chi connectivity index (χ4v) is 2.71. The van der Waals surface area contributed by atoms with E-state index in [0.29, 0.717) is 6.54 Å². The Kier molecular flexibility index (Phi) is 3.78. The van der Waals surface area contributed by atoms with Crippen LogP contribution in [0.25, 0.3) is 0 Å². The molecule has 2 aromatic heterocycles. The van der Waals surface area contributed by atoms with E-state index in [1.807, 2.05) is 17.1 Å². The molecule has 0 aromatic carbocycles. The van der Waals surface area contributed by atoms with Gasteiger partial charge in [0.2, 0.25) is 0 Å². The first kappa shape index (κ1) is 12.8. The van der Waals surface area contributed by atoms with Crippen molar-refractivity contribution in [2.24, 2.45) is 0 Å². The zero-order chi connectivity index (χ0) is 13.1. The lowest BCUT2D eigenvalue weighted by Gasteiger charge is -2.01. The molecule has 18 heavy (non-hydrogen) atoms. The first-order chi connectivity index (χ1) is 8.56. The van der Waals surface area contributed by atoms with E-state index in [2.05, 4.69) is 26.2 Å². The number of H-pyrrole nitrogens is 2. The lowest BCUT2D eigenvalue weighted by Crippen LogP contribution is -2.33. The van der Waals surface area contributed by atoms with Gasteiger partial charge in [-0.05, 0) is 28.1 Å². The fourth-order valence-electron chi connectivity index (χ4n) is 1.29. The molecule has 6 nitrogen and oxygen atoms in total. The van der Waals surface area contributed by atoms with Crippen LogP contribution in [0.15, 0.2) is 31.7 Å². The van der Waals surface area contributed by atoms with E-state index >= 15 is 0 Å². The minimum Gasteiger partial charge on any atom is -0.347 e. The molecule has 0 fully saturated rings. The van der Waals surface area contributed by atoms with Gasteiger partial charge < -0.3 is 10.3 Å². The van der Waals surface area contributed by atoms with E-state index in [1.54, 1.807) is 0 Å². The van der Waals surface area contributed by atoms with Gasteiger partial charge in [0, 0.05) is 11.1 Å². The van der Waals surface area contributed by atoms with Crippen LogP contribution in [-0.4, -0.2) is 15.9 Å². The van der Waals surface area contributed by atoms with Crippen LogP contribution in [0.4, 0.5) is 0 Å². The number of thiophene rings is 1. The Labute approximate surface area is 113 Å². The number of aromatic nitrogens is 2. The van der Waals surface area contributed by atoms with Crippen molar-refractivity contribution in [2.45, 2.75) is 6.54 Å². The zero-order valence-electron chi connectivity index (χ0n) is 8.95. The van der Waals surface area contributed by atoms with Gasteiger partial charge in [-0.15, -0.1) is 11.3 Å². The quantitative estimate of drug-likeness (QED) is 0.777. The van der Waals surface area contributed by atoms with Crippen molar-refractivity contribution in [3.63, 3.8) is 0 Å². The third-order valence-corrected chi connectivity index (χ3v) is 3.74. The molecule has 0 radical (unpaired) electrons. The minimum atomic E-state index is -0.705. The molecule has 2 rings (SSSR count). The van der Waals surface area contributed by atoms with Gasteiger partial charge >= 0.3 is 5.69 Å². The summed E-state index contributed by atoms with van der Waals surface area (Å²) in [7, 11) is 0. The molecule has 0 atom stereocenters. The third kappa shape index (κ3) is 2.96. The summed E-state index contributed by atoms with van der Waals surface area (Å²) < 4.78 is 0.966. The molecule has 8 heteroatoms. The molecule has 0 saturated heterocycles. The van der Waals surface area contributed by atoms with Crippen LogP contribution in [-0.2, 0) is 6.54 Å². The fraction of sp³-hybridized carbons (Fsp3) is 0.100. The molecular formula is C10H8BrN3O3S. The predicted octanol–water partition coefficient (Wildman–Crippen LogP) is 0.817. The maximum atomic E-state index is 11.7. The number of halogens is 1. The average Bonchev–Trinajstić information content (AvgIpc) is 2.72. The standard InChI is InChI=1S/C10H8BrN3O3S/c11-7-2-1-5(18-7)3-12-8(15)6-4-13-10(17)14-9(6)16/h1-2,4H,3H2,(H,12,15)(H2,13,14,16,17). The van der Waals surface area contributed by atoms with Gasteiger partial charge in [0.15, 0.2) is 0 Å². The Balaban J connectivity index is 2.08. The van der Waals surface area contributed by atoms with E-state index in [-0.39, 0.29) is 5.56 Å². The molecule has 2 heterocycles. The van der Waals surface area contributed by atoms with Crippen molar-refractivity contribution in [1.29, 1.82) is 0 Å². The van der Waals surface area contributed by atoms with E-state index in [9.17, 15) is 14.4 Å². The van der Waals surface area contributed by atoms with Gasteiger partial charge in [0.1, 0.15) is 5.56 Å². The highest BCUT2D eigenvalue weighted by Gasteiger charge is 2.10. The number of hydrogen-bond acceptors (Lipinski definition) is 4. The van der Waals surface area contributed by atoms with Crippen LogP contribution < -0.4 is 16.6 Å². The Morgan fingerprint density at radius 2 is 2.17 bits per heavy atom. The van der Waals surface area contributed by atoms with Crippen molar-refractivity contribution in [2.75, 3.05) is 0 Å². The van der Waals surface area contributed by atoms with Crippen LogP contribution in [0.3, 0.4) is 0 Å². The summed E-state index contributed by atoms with van der Waals surface area (Å²) in [6, 6.07) is 3.74.